The van der Waals surface area contributed by atoms with Gasteiger partial charge in [-0.25, -0.2) is 0 Å². The minimum atomic E-state index is -0.753. The number of carbonyl (C=O) groups is 4. The first-order valence-corrected chi connectivity index (χ1v) is 12.8. The van der Waals surface area contributed by atoms with Crippen molar-refractivity contribution in [1.29, 1.82) is 0 Å². The molecule has 0 saturated heterocycles. The molecule has 0 aliphatic heterocycles. The van der Waals surface area contributed by atoms with E-state index in [1.54, 1.807) is 6.92 Å². The number of ketones is 1. The Hall–Kier alpha value is -3.48. The summed E-state index contributed by atoms with van der Waals surface area (Å²) < 4.78 is 0. The Morgan fingerprint density at radius 1 is 0.556 bits per heavy atom. The Bertz CT molecular complexity index is 825. The molecule has 3 N–H and O–H groups in total. The molecule has 0 radical (unpaired) electrons. The Morgan fingerprint density at radius 2 is 0.917 bits per heavy atom. The van der Waals surface area contributed by atoms with Crippen LogP contribution in [0.1, 0.15) is 84.0 Å². The molecule has 2 aromatic rings. The van der Waals surface area contributed by atoms with Gasteiger partial charge in [-0.05, 0) is 56.9 Å². The van der Waals surface area contributed by atoms with Gasteiger partial charge in [0.25, 0.3) is 0 Å². The van der Waals surface area contributed by atoms with Gasteiger partial charge >= 0.3 is 5.97 Å². The van der Waals surface area contributed by atoms with E-state index in [2.05, 4.69) is 10.6 Å². The van der Waals surface area contributed by atoms with Crippen molar-refractivity contribution in [3.05, 3.63) is 60.7 Å². The Morgan fingerprint density at radius 3 is 1.28 bits per heavy atom. The SMILES string of the molecule is CC(=O)CCCCCCC(=O)Nc1ccccc1.O=C(O)CCCCCCC(=O)Nc1ccccc1. The van der Waals surface area contributed by atoms with Crippen LogP contribution in [-0.2, 0) is 19.2 Å². The first kappa shape index (κ1) is 30.6. The molecule has 0 fully saturated rings. The minimum absolute atomic E-state index is 0.0134. The van der Waals surface area contributed by atoms with Crippen LogP contribution in [0.3, 0.4) is 0 Å². The van der Waals surface area contributed by atoms with Gasteiger partial charge in [0, 0.05) is 37.1 Å². The van der Waals surface area contributed by atoms with Gasteiger partial charge in [-0.3, -0.25) is 14.4 Å². The molecule has 0 spiro atoms. The number of amides is 2. The highest BCUT2D eigenvalue weighted by atomic mass is 16.4. The summed E-state index contributed by atoms with van der Waals surface area (Å²) in [7, 11) is 0. The van der Waals surface area contributed by atoms with E-state index in [0.29, 0.717) is 25.7 Å². The van der Waals surface area contributed by atoms with Gasteiger partial charge in [-0.2, -0.15) is 0 Å². The molecular weight excluding hydrogens is 456 g/mol. The van der Waals surface area contributed by atoms with E-state index in [1.807, 2.05) is 60.7 Å². The number of benzene rings is 2. The summed E-state index contributed by atoms with van der Waals surface area (Å²) in [5, 5.41) is 14.1. The van der Waals surface area contributed by atoms with Crippen molar-refractivity contribution in [2.24, 2.45) is 0 Å². The number of hydrogen-bond donors (Lipinski definition) is 3. The topological polar surface area (TPSA) is 113 Å². The molecule has 0 aliphatic rings. The number of para-hydroxylation sites is 2. The fourth-order valence-electron chi connectivity index (χ4n) is 3.42. The fourth-order valence-corrected chi connectivity index (χ4v) is 3.42. The predicted octanol–water partition coefficient (Wildman–Crippen LogP) is 6.61. The lowest BCUT2D eigenvalue weighted by Crippen LogP contribution is -2.10. The molecule has 0 bridgehead atoms. The predicted molar refractivity (Wildman–Crippen MR) is 144 cm³/mol. The van der Waals surface area contributed by atoms with Crippen molar-refractivity contribution in [2.75, 3.05) is 10.6 Å². The Labute approximate surface area is 214 Å². The maximum Gasteiger partial charge on any atom is 0.303 e. The van der Waals surface area contributed by atoms with Crippen LogP contribution in [0.4, 0.5) is 11.4 Å². The average Bonchev–Trinajstić information content (AvgIpc) is 2.85. The quantitative estimate of drug-likeness (QED) is 0.227. The lowest BCUT2D eigenvalue weighted by Gasteiger charge is -2.04. The van der Waals surface area contributed by atoms with Crippen molar-refractivity contribution in [2.45, 2.75) is 84.0 Å². The van der Waals surface area contributed by atoms with Crippen molar-refractivity contribution in [3.8, 4) is 0 Å². The van der Waals surface area contributed by atoms with Gasteiger partial charge in [0.2, 0.25) is 11.8 Å². The van der Waals surface area contributed by atoms with E-state index in [0.717, 1.165) is 56.3 Å². The Kier molecular flexibility index (Phi) is 16.8. The molecule has 2 rings (SSSR count). The molecule has 0 unspecified atom stereocenters. The number of aliphatic carboxylic acids is 1. The average molecular weight is 497 g/mol. The van der Waals surface area contributed by atoms with Gasteiger partial charge < -0.3 is 20.5 Å². The van der Waals surface area contributed by atoms with Crippen molar-refractivity contribution in [3.63, 3.8) is 0 Å². The third-order valence-corrected chi connectivity index (χ3v) is 5.34. The molecule has 2 amide bonds. The number of carbonyl (C=O) groups excluding carboxylic acids is 3. The zero-order valence-electron chi connectivity index (χ0n) is 21.3. The zero-order chi connectivity index (χ0) is 26.4. The van der Waals surface area contributed by atoms with Crippen LogP contribution in [0.25, 0.3) is 0 Å². The molecular formula is C29H40N2O5. The molecule has 36 heavy (non-hydrogen) atoms. The molecule has 0 saturated carbocycles. The second-order valence-electron chi connectivity index (χ2n) is 8.75. The second kappa shape index (κ2) is 19.8. The summed E-state index contributed by atoms with van der Waals surface area (Å²) in [4.78, 5) is 44.1. The van der Waals surface area contributed by atoms with Crippen molar-refractivity contribution < 1.29 is 24.3 Å². The summed E-state index contributed by atoms with van der Waals surface area (Å²) in [6.07, 6.45) is 9.04. The number of unbranched alkanes of at least 4 members (excludes halogenated alkanes) is 6. The smallest absolute Gasteiger partial charge is 0.303 e. The lowest BCUT2D eigenvalue weighted by atomic mass is 10.1. The zero-order valence-corrected chi connectivity index (χ0v) is 21.3. The number of Topliss-reactive ketones (excluding diaryl/α,β-unsaturated/α-hetero) is 1. The molecule has 7 nitrogen and oxygen atoms in total. The molecule has 0 aromatic heterocycles. The van der Waals surface area contributed by atoms with Gasteiger partial charge in [-0.1, -0.05) is 62.1 Å². The van der Waals surface area contributed by atoms with Crippen LogP contribution >= 0.6 is 0 Å². The highest BCUT2D eigenvalue weighted by molar-refractivity contribution is 5.91. The van der Waals surface area contributed by atoms with Crippen LogP contribution in [0, 0.1) is 0 Å². The molecule has 0 atom stereocenters. The van der Waals surface area contributed by atoms with Crippen LogP contribution in [0.5, 0.6) is 0 Å². The van der Waals surface area contributed by atoms with Crippen LogP contribution in [0.2, 0.25) is 0 Å². The van der Waals surface area contributed by atoms with Gasteiger partial charge in [-0.15, -0.1) is 0 Å². The molecule has 7 heteroatoms. The first-order valence-electron chi connectivity index (χ1n) is 12.8. The standard InChI is InChI=1S/C15H21NO2.C14H19NO3/c1-13(17)9-5-2-3-8-12-15(18)16-14-10-6-4-7-11-14;16-13(15-12-8-4-3-5-9-12)10-6-1-2-7-11-14(17)18/h4,6-7,10-11H,2-3,5,8-9,12H2,1H3,(H,16,18);3-5,8-9H,1-2,6-7,10-11H2,(H,15,16)(H,17,18). The third kappa shape index (κ3) is 17.9. The van der Waals surface area contributed by atoms with E-state index in [4.69, 9.17) is 5.11 Å². The number of carboxylic acid groups (broad SMARTS) is 1. The maximum absolute atomic E-state index is 11.6. The van der Waals surface area contributed by atoms with Gasteiger partial charge in [0.15, 0.2) is 0 Å². The summed E-state index contributed by atoms with van der Waals surface area (Å²) >= 11 is 0. The van der Waals surface area contributed by atoms with Gasteiger partial charge in [0.1, 0.15) is 5.78 Å². The number of nitrogens with one attached hydrogen (secondary N) is 2. The summed E-state index contributed by atoms with van der Waals surface area (Å²) in [6.45, 7) is 1.62. The second-order valence-corrected chi connectivity index (χ2v) is 8.75. The largest absolute Gasteiger partial charge is 0.481 e. The molecule has 2 aromatic carbocycles. The molecule has 0 aliphatic carbocycles. The van der Waals surface area contributed by atoms with E-state index in [-0.39, 0.29) is 24.0 Å². The summed E-state index contributed by atoms with van der Waals surface area (Å²) in [5.74, 6) is -0.430. The van der Waals surface area contributed by atoms with Gasteiger partial charge in [0.05, 0.1) is 0 Å². The molecule has 196 valence electrons. The summed E-state index contributed by atoms with van der Waals surface area (Å²) in [6, 6.07) is 18.8. The normalized spacial score (nSPS) is 10.0. The summed E-state index contributed by atoms with van der Waals surface area (Å²) in [5.41, 5.74) is 1.66. The minimum Gasteiger partial charge on any atom is -0.481 e. The number of anilines is 2. The van der Waals surface area contributed by atoms with E-state index < -0.39 is 5.97 Å². The van der Waals surface area contributed by atoms with Crippen LogP contribution in [0.15, 0.2) is 60.7 Å². The number of carboxylic acids is 1. The first-order chi connectivity index (χ1) is 17.4. The highest BCUT2D eigenvalue weighted by Crippen LogP contribution is 2.10. The number of rotatable bonds is 16. The third-order valence-electron chi connectivity index (χ3n) is 5.34. The van der Waals surface area contributed by atoms with E-state index in [9.17, 15) is 19.2 Å². The van der Waals surface area contributed by atoms with Crippen molar-refractivity contribution >= 4 is 34.9 Å². The maximum atomic E-state index is 11.6. The highest BCUT2D eigenvalue weighted by Gasteiger charge is 2.03. The molecule has 0 heterocycles. The van der Waals surface area contributed by atoms with Crippen LogP contribution in [-0.4, -0.2) is 28.7 Å². The lowest BCUT2D eigenvalue weighted by molar-refractivity contribution is -0.137. The van der Waals surface area contributed by atoms with E-state index in [1.165, 1.54) is 0 Å². The Balaban J connectivity index is 0.000000360. The van der Waals surface area contributed by atoms with E-state index >= 15 is 0 Å². The monoisotopic (exact) mass is 496 g/mol. The fraction of sp³-hybridized carbons (Fsp3) is 0.448. The van der Waals surface area contributed by atoms with Crippen LogP contribution < -0.4 is 10.6 Å². The number of hydrogen-bond acceptors (Lipinski definition) is 4. The van der Waals surface area contributed by atoms with Crippen molar-refractivity contribution in [1.82, 2.24) is 0 Å².